The van der Waals surface area contributed by atoms with E-state index in [-0.39, 0.29) is 29.9 Å². The summed E-state index contributed by atoms with van der Waals surface area (Å²) in [5.74, 6) is -0.659. The molecule has 9 heteroatoms. The first-order valence-corrected chi connectivity index (χ1v) is 12.8. The van der Waals surface area contributed by atoms with Crippen molar-refractivity contribution in [1.29, 1.82) is 0 Å². The summed E-state index contributed by atoms with van der Waals surface area (Å²) >= 11 is 5.89. The largest absolute Gasteiger partial charge is 0.368 e. The minimum Gasteiger partial charge on any atom is -0.368 e. The minimum absolute atomic E-state index is 0.0233. The number of sulfonamides is 1. The van der Waals surface area contributed by atoms with Crippen LogP contribution < -0.4 is 4.90 Å². The average molecular weight is 480 g/mol. The Morgan fingerprint density at radius 2 is 1.62 bits per heavy atom. The topological polar surface area (TPSA) is 60.9 Å². The minimum atomic E-state index is -3.51. The average Bonchev–Trinajstić information content (AvgIpc) is 2.81. The van der Waals surface area contributed by atoms with Crippen LogP contribution in [-0.4, -0.2) is 62.8 Å². The van der Waals surface area contributed by atoms with Gasteiger partial charge in [0.15, 0.2) is 0 Å². The monoisotopic (exact) mass is 479 g/mol. The van der Waals surface area contributed by atoms with E-state index >= 15 is 0 Å². The molecule has 1 amide bonds. The Balaban J connectivity index is 1.34. The summed E-state index contributed by atoms with van der Waals surface area (Å²) in [5, 5.41) is 0.564. The third-order valence-corrected chi connectivity index (χ3v) is 8.24. The van der Waals surface area contributed by atoms with Crippen molar-refractivity contribution in [3.8, 4) is 0 Å². The van der Waals surface area contributed by atoms with Gasteiger partial charge < -0.3 is 9.80 Å². The summed E-state index contributed by atoms with van der Waals surface area (Å²) in [7, 11) is -3.51. The summed E-state index contributed by atoms with van der Waals surface area (Å²) in [6.07, 6.45) is 1.37. The molecule has 0 unspecified atom stereocenters. The molecule has 32 heavy (non-hydrogen) atoms. The maximum Gasteiger partial charge on any atom is 0.227 e. The van der Waals surface area contributed by atoms with Crippen molar-refractivity contribution < 1.29 is 17.6 Å². The van der Waals surface area contributed by atoms with Crippen molar-refractivity contribution in [2.75, 3.05) is 44.2 Å². The number of piperidine rings is 1. The van der Waals surface area contributed by atoms with Gasteiger partial charge in [-0.1, -0.05) is 23.7 Å². The Hall–Kier alpha value is -2.16. The fraction of sp³-hybridized carbons (Fsp3) is 0.435. The lowest BCUT2D eigenvalue weighted by molar-refractivity contribution is -0.137. The van der Waals surface area contributed by atoms with Crippen LogP contribution in [0.3, 0.4) is 0 Å². The molecule has 0 saturated carbocycles. The number of rotatable bonds is 5. The number of anilines is 1. The standard InChI is InChI=1S/C23H27ClFN3O3S/c24-20-5-3-18(4-6-20)17-32(30,31)28-11-1-2-19(16-28)23(29)27-14-12-26(13-15-27)22-9-7-21(25)8-10-22/h3-10,19H,1-2,11-17H2/t19-/m1/s1. The van der Waals surface area contributed by atoms with Crippen LogP contribution in [0.4, 0.5) is 10.1 Å². The van der Waals surface area contributed by atoms with Gasteiger partial charge in [0.1, 0.15) is 5.82 Å². The Morgan fingerprint density at radius 3 is 2.28 bits per heavy atom. The van der Waals surface area contributed by atoms with Crippen LogP contribution in [0, 0.1) is 11.7 Å². The van der Waals surface area contributed by atoms with E-state index in [4.69, 9.17) is 11.6 Å². The predicted octanol–water partition coefficient (Wildman–Crippen LogP) is 3.37. The Bertz CT molecular complexity index is 1040. The van der Waals surface area contributed by atoms with Crippen molar-refractivity contribution in [3.63, 3.8) is 0 Å². The van der Waals surface area contributed by atoms with Crippen LogP contribution in [0.1, 0.15) is 18.4 Å². The van der Waals surface area contributed by atoms with Gasteiger partial charge in [-0.25, -0.2) is 17.1 Å². The molecule has 0 spiro atoms. The number of hydrogen-bond donors (Lipinski definition) is 0. The highest BCUT2D eigenvalue weighted by Crippen LogP contribution is 2.25. The van der Waals surface area contributed by atoms with Crippen molar-refractivity contribution in [3.05, 3.63) is 64.9 Å². The highest BCUT2D eigenvalue weighted by Gasteiger charge is 2.35. The molecule has 172 valence electrons. The molecule has 0 radical (unpaired) electrons. The third kappa shape index (κ3) is 5.42. The van der Waals surface area contributed by atoms with Crippen molar-refractivity contribution in [1.82, 2.24) is 9.21 Å². The number of carbonyl (C=O) groups is 1. The van der Waals surface area contributed by atoms with E-state index in [1.807, 2.05) is 4.90 Å². The first kappa shape index (κ1) is 23.0. The number of piperazine rings is 1. The molecule has 2 aromatic rings. The van der Waals surface area contributed by atoms with Crippen LogP contribution in [0.2, 0.25) is 5.02 Å². The van der Waals surface area contributed by atoms with Gasteiger partial charge in [-0.2, -0.15) is 0 Å². The molecule has 0 N–H and O–H groups in total. The molecule has 0 bridgehead atoms. The molecule has 6 nitrogen and oxygen atoms in total. The fourth-order valence-corrected chi connectivity index (χ4v) is 6.11. The second-order valence-corrected chi connectivity index (χ2v) is 10.8. The van der Waals surface area contributed by atoms with Crippen LogP contribution in [0.5, 0.6) is 0 Å². The Labute approximate surface area is 193 Å². The van der Waals surface area contributed by atoms with E-state index in [2.05, 4.69) is 4.90 Å². The van der Waals surface area contributed by atoms with E-state index in [1.165, 1.54) is 16.4 Å². The number of amides is 1. The predicted molar refractivity (Wildman–Crippen MR) is 124 cm³/mol. The smallest absolute Gasteiger partial charge is 0.227 e. The number of benzene rings is 2. The summed E-state index contributed by atoms with van der Waals surface area (Å²) < 4.78 is 40.5. The van der Waals surface area contributed by atoms with Crippen LogP contribution in [0.25, 0.3) is 0 Å². The molecular formula is C23H27ClFN3O3S. The van der Waals surface area contributed by atoms with Gasteiger partial charge >= 0.3 is 0 Å². The second-order valence-electron chi connectivity index (χ2n) is 8.37. The van der Waals surface area contributed by atoms with Gasteiger partial charge in [0.25, 0.3) is 0 Å². The van der Waals surface area contributed by atoms with Crippen LogP contribution >= 0.6 is 11.6 Å². The third-order valence-electron chi connectivity index (χ3n) is 6.17. The molecule has 1 atom stereocenters. The SMILES string of the molecule is O=C([C@@H]1CCCN(S(=O)(=O)Cc2ccc(Cl)cc2)C1)N1CCN(c2ccc(F)cc2)CC1. The van der Waals surface area contributed by atoms with Crippen molar-refractivity contribution >= 4 is 33.2 Å². The molecule has 0 aliphatic carbocycles. The highest BCUT2D eigenvalue weighted by molar-refractivity contribution is 7.88. The molecular weight excluding hydrogens is 453 g/mol. The maximum atomic E-state index is 13.2. The number of carbonyl (C=O) groups excluding carboxylic acids is 1. The lowest BCUT2D eigenvalue weighted by atomic mass is 9.97. The molecule has 0 aromatic heterocycles. The normalized spacial score (nSPS) is 20.4. The first-order chi connectivity index (χ1) is 15.3. The van der Waals surface area contributed by atoms with Gasteiger partial charge in [-0.05, 0) is 54.8 Å². The Morgan fingerprint density at radius 1 is 0.969 bits per heavy atom. The molecule has 2 aromatic carbocycles. The molecule has 2 heterocycles. The van der Waals surface area contributed by atoms with E-state index in [9.17, 15) is 17.6 Å². The summed E-state index contributed by atoms with van der Waals surface area (Å²) in [5.41, 5.74) is 1.62. The molecule has 4 rings (SSSR count). The lowest BCUT2D eigenvalue weighted by Crippen LogP contribution is -2.53. The van der Waals surface area contributed by atoms with E-state index < -0.39 is 10.0 Å². The first-order valence-electron chi connectivity index (χ1n) is 10.8. The fourth-order valence-electron chi connectivity index (χ4n) is 4.37. The molecule has 2 fully saturated rings. The van der Waals surface area contributed by atoms with E-state index in [1.54, 1.807) is 36.4 Å². The highest BCUT2D eigenvalue weighted by atomic mass is 35.5. The summed E-state index contributed by atoms with van der Waals surface area (Å²) in [4.78, 5) is 17.1. The maximum absolute atomic E-state index is 13.2. The molecule has 2 saturated heterocycles. The van der Waals surface area contributed by atoms with Gasteiger partial charge in [0, 0.05) is 50.0 Å². The van der Waals surface area contributed by atoms with E-state index in [0.29, 0.717) is 56.2 Å². The van der Waals surface area contributed by atoms with E-state index in [0.717, 1.165) is 5.69 Å². The zero-order valence-corrected chi connectivity index (χ0v) is 19.4. The lowest BCUT2D eigenvalue weighted by Gasteiger charge is -2.39. The zero-order valence-electron chi connectivity index (χ0n) is 17.8. The molecule has 2 aliphatic rings. The number of halogens is 2. The van der Waals surface area contributed by atoms with Gasteiger partial charge in [-0.3, -0.25) is 4.79 Å². The van der Waals surface area contributed by atoms with Crippen molar-refractivity contribution in [2.45, 2.75) is 18.6 Å². The summed E-state index contributed by atoms with van der Waals surface area (Å²) in [6, 6.07) is 13.2. The van der Waals surface area contributed by atoms with Gasteiger partial charge in [-0.15, -0.1) is 0 Å². The van der Waals surface area contributed by atoms with Crippen molar-refractivity contribution in [2.24, 2.45) is 5.92 Å². The Kier molecular flexibility index (Phi) is 7.02. The van der Waals surface area contributed by atoms with Gasteiger partial charge in [0.2, 0.25) is 15.9 Å². The second kappa shape index (κ2) is 9.77. The molecule has 2 aliphatic heterocycles. The quantitative estimate of drug-likeness (QED) is 0.659. The van der Waals surface area contributed by atoms with Crippen LogP contribution in [0.15, 0.2) is 48.5 Å². The van der Waals surface area contributed by atoms with Crippen LogP contribution in [-0.2, 0) is 20.6 Å². The van der Waals surface area contributed by atoms with Gasteiger partial charge in [0.05, 0.1) is 11.7 Å². The number of hydrogen-bond acceptors (Lipinski definition) is 4. The summed E-state index contributed by atoms with van der Waals surface area (Å²) in [6.45, 7) is 3.16. The zero-order chi connectivity index (χ0) is 22.7. The number of nitrogens with zero attached hydrogens (tertiary/aromatic N) is 3.